The van der Waals surface area contributed by atoms with Crippen molar-refractivity contribution in [2.45, 2.75) is 40.2 Å². The van der Waals surface area contributed by atoms with E-state index in [0.29, 0.717) is 17.7 Å². The summed E-state index contributed by atoms with van der Waals surface area (Å²) in [5, 5.41) is 17.5. The molecule has 2 unspecified atom stereocenters. The van der Waals surface area contributed by atoms with Gasteiger partial charge in [-0.25, -0.2) is 9.89 Å². The van der Waals surface area contributed by atoms with Crippen molar-refractivity contribution in [1.29, 1.82) is 0 Å². The monoisotopic (exact) mass is 281 g/mol. The van der Waals surface area contributed by atoms with Crippen LogP contribution < -0.4 is 10.9 Å². The van der Waals surface area contributed by atoms with Crippen LogP contribution in [0.15, 0.2) is 4.79 Å². The van der Waals surface area contributed by atoms with Gasteiger partial charge in [0.25, 0.3) is 11.5 Å². The van der Waals surface area contributed by atoms with Crippen LogP contribution in [0.4, 0.5) is 0 Å². The van der Waals surface area contributed by atoms with Crippen LogP contribution in [0.2, 0.25) is 0 Å². The second-order valence-electron chi connectivity index (χ2n) is 4.81. The Kier molecular flexibility index (Phi) is 5.01. The van der Waals surface area contributed by atoms with Gasteiger partial charge in [0, 0.05) is 0 Å². The summed E-state index contributed by atoms with van der Waals surface area (Å²) in [4.78, 5) is 35.0. The third kappa shape index (κ3) is 3.23. The van der Waals surface area contributed by atoms with E-state index in [-0.39, 0.29) is 11.5 Å². The topological polar surface area (TPSA) is 112 Å². The standard InChI is InChI=1S/C13H19N3O4/c1-5-6(2)10(13(19)20)14-11(17)9-7(3)8(4)15-16-12(9)18/h6,10H,5H2,1-4H3,(H,14,17)(H,16,18)(H,19,20). The molecule has 0 fully saturated rings. The molecule has 0 aliphatic rings. The van der Waals surface area contributed by atoms with Gasteiger partial charge in [-0.1, -0.05) is 20.3 Å². The lowest BCUT2D eigenvalue weighted by Gasteiger charge is -2.20. The Morgan fingerprint density at radius 2 is 2.00 bits per heavy atom. The summed E-state index contributed by atoms with van der Waals surface area (Å²) in [6.45, 7) is 6.83. The largest absolute Gasteiger partial charge is 0.480 e. The zero-order valence-corrected chi connectivity index (χ0v) is 12.0. The summed E-state index contributed by atoms with van der Waals surface area (Å²) in [5.74, 6) is -2.05. The van der Waals surface area contributed by atoms with E-state index in [1.807, 2.05) is 6.92 Å². The van der Waals surface area contributed by atoms with Gasteiger partial charge in [0.2, 0.25) is 0 Å². The second kappa shape index (κ2) is 6.31. The number of aryl methyl sites for hydroxylation is 1. The highest BCUT2D eigenvalue weighted by Crippen LogP contribution is 2.10. The van der Waals surface area contributed by atoms with Gasteiger partial charge in [0.15, 0.2) is 0 Å². The molecule has 3 N–H and O–H groups in total. The number of H-pyrrole nitrogens is 1. The second-order valence-corrected chi connectivity index (χ2v) is 4.81. The molecular formula is C13H19N3O4. The highest BCUT2D eigenvalue weighted by molar-refractivity contribution is 5.97. The first-order valence-electron chi connectivity index (χ1n) is 6.39. The predicted molar refractivity (Wildman–Crippen MR) is 72.7 cm³/mol. The first-order valence-corrected chi connectivity index (χ1v) is 6.39. The predicted octanol–water partition coefficient (Wildman–Crippen LogP) is 0.616. The first kappa shape index (κ1) is 15.9. The minimum absolute atomic E-state index is 0.0907. The van der Waals surface area contributed by atoms with Crippen LogP contribution in [-0.2, 0) is 4.79 Å². The number of carbonyl (C=O) groups excluding carboxylic acids is 1. The third-order valence-electron chi connectivity index (χ3n) is 3.46. The molecule has 0 aliphatic heterocycles. The number of carboxylic acid groups (broad SMARTS) is 1. The molecule has 0 bridgehead atoms. The van der Waals surface area contributed by atoms with Crippen LogP contribution in [0.1, 0.15) is 41.9 Å². The molecule has 1 rings (SSSR count). The number of hydrogen-bond donors (Lipinski definition) is 3. The molecule has 20 heavy (non-hydrogen) atoms. The molecule has 0 saturated heterocycles. The van der Waals surface area contributed by atoms with E-state index in [9.17, 15) is 14.4 Å². The van der Waals surface area contributed by atoms with Crippen molar-refractivity contribution < 1.29 is 14.7 Å². The zero-order valence-electron chi connectivity index (χ0n) is 12.0. The fraction of sp³-hybridized carbons (Fsp3) is 0.538. The van der Waals surface area contributed by atoms with E-state index < -0.39 is 23.5 Å². The number of carboxylic acids is 1. The Morgan fingerprint density at radius 3 is 2.50 bits per heavy atom. The zero-order chi connectivity index (χ0) is 15.4. The van der Waals surface area contributed by atoms with E-state index in [1.165, 1.54) is 0 Å². The number of carbonyl (C=O) groups is 2. The minimum atomic E-state index is -1.12. The summed E-state index contributed by atoms with van der Waals surface area (Å²) >= 11 is 0. The van der Waals surface area contributed by atoms with Gasteiger partial charge >= 0.3 is 5.97 Å². The van der Waals surface area contributed by atoms with Gasteiger partial charge in [0.05, 0.1) is 5.69 Å². The lowest BCUT2D eigenvalue weighted by molar-refractivity contribution is -0.140. The van der Waals surface area contributed by atoms with Gasteiger partial charge < -0.3 is 10.4 Å². The van der Waals surface area contributed by atoms with Gasteiger partial charge in [0.1, 0.15) is 11.6 Å². The van der Waals surface area contributed by atoms with E-state index in [1.54, 1.807) is 20.8 Å². The van der Waals surface area contributed by atoms with Crippen LogP contribution in [-0.4, -0.2) is 33.2 Å². The van der Waals surface area contributed by atoms with Crippen LogP contribution in [0, 0.1) is 19.8 Å². The van der Waals surface area contributed by atoms with E-state index in [0.717, 1.165) is 0 Å². The number of nitrogens with one attached hydrogen (secondary N) is 2. The Bertz CT molecular complexity index is 579. The molecule has 110 valence electrons. The maximum Gasteiger partial charge on any atom is 0.326 e. The molecule has 1 heterocycles. The van der Waals surface area contributed by atoms with Crippen molar-refractivity contribution in [3.63, 3.8) is 0 Å². The fourth-order valence-electron chi connectivity index (χ4n) is 1.80. The average molecular weight is 281 g/mol. The first-order chi connectivity index (χ1) is 9.29. The molecule has 0 spiro atoms. The van der Waals surface area contributed by atoms with Crippen molar-refractivity contribution in [2.24, 2.45) is 5.92 Å². The van der Waals surface area contributed by atoms with Crippen LogP contribution in [0.3, 0.4) is 0 Å². The van der Waals surface area contributed by atoms with E-state index >= 15 is 0 Å². The van der Waals surface area contributed by atoms with Crippen molar-refractivity contribution in [3.05, 3.63) is 27.2 Å². The van der Waals surface area contributed by atoms with Gasteiger partial charge in [-0.05, 0) is 25.3 Å². The number of nitrogens with zero attached hydrogens (tertiary/aromatic N) is 1. The molecule has 0 aliphatic carbocycles. The van der Waals surface area contributed by atoms with Crippen LogP contribution >= 0.6 is 0 Å². The minimum Gasteiger partial charge on any atom is -0.480 e. The average Bonchev–Trinajstić information content (AvgIpc) is 2.39. The molecule has 0 saturated carbocycles. The fourth-order valence-corrected chi connectivity index (χ4v) is 1.80. The van der Waals surface area contributed by atoms with Crippen LogP contribution in [0.5, 0.6) is 0 Å². The molecule has 1 aromatic rings. The van der Waals surface area contributed by atoms with Crippen molar-refractivity contribution in [3.8, 4) is 0 Å². The maximum absolute atomic E-state index is 12.2. The maximum atomic E-state index is 12.2. The lowest BCUT2D eigenvalue weighted by Crippen LogP contribution is -2.46. The van der Waals surface area contributed by atoms with Crippen molar-refractivity contribution >= 4 is 11.9 Å². The third-order valence-corrected chi connectivity index (χ3v) is 3.46. The summed E-state index contributed by atoms with van der Waals surface area (Å²) in [5.41, 5.74) is 0.246. The Balaban J connectivity index is 3.10. The number of amides is 1. The quantitative estimate of drug-likeness (QED) is 0.732. The molecule has 7 nitrogen and oxygen atoms in total. The number of rotatable bonds is 5. The highest BCUT2D eigenvalue weighted by atomic mass is 16.4. The summed E-state index contributed by atoms with van der Waals surface area (Å²) in [6.07, 6.45) is 0.599. The highest BCUT2D eigenvalue weighted by Gasteiger charge is 2.27. The van der Waals surface area contributed by atoms with Crippen molar-refractivity contribution in [1.82, 2.24) is 15.5 Å². The molecule has 1 aromatic heterocycles. The number of aromatic nitrogens is 2. The SMILES string of the molecule is CCC(C)C(NC(=O)c1c(C)c(C)n[nH]c1=O)C(=O)O. The molecule has 0 aromatic carbocycles. The smallest absolute Gasteiger partial charge is 0.326 e. The molecule has 2 atom stereocenters. The number of hydrogen-bond acceptors (Lipinski definition) is 4. The molecular weight excluding hydrogens is 262 g/mol. The molecule has 0 radical (unpaired) electrons. The summed E-state index contributed by atoms with van der Waals surface area (Å²) < 4.78 is 0. The Hall–Kier alpha value is -2.18. The van der Waals surface area contributed by atoms with Gasteiger partial charge in [-0.3, -0.25) is 9.59 Å². The molecule has 7 heteroatoms. The summed E-state index contributed by atoms with van der Waals surface area (Å²) in [6, 6.07) is -1.03. The van der Waals surface area contributed by atoms with E-state index in [2.05, 4.69) is 15.5 Å². The molecule has 1 amide bonds. The Labute approximate surface area is 116 Å². The van der Waals surface area contributed by atoms with E-state index in [4.69, 9.17) is 5.11 Å². The van der Waals surface area contributed by atoms with Crippen molar-refractivity contribution in [2.75, 3.05) is 0 Å². The van der Waals surface area contributed by atoms with Gasteiger partial charge in [-0.15, -0.1) is 0 Å². The number of aromatic amines is 1. The lowest BCUT2D eigenvalue weighted by atomic mass is 9.98. The number of aliphatic carboxylic acids is 1. The summed E-state index contributed by atoms with van der Waals surface area (Å²) in [7, 11) is 0. The van der Waals surface area contributed by atoms with Gasteiger partial charge in [-0.2, -0.15) is 5.10 Å². The Morgan fingerprint density at radius 1 is 1.40 bits per heavy atom. The van der Waals surface area contributed by atoms with Crippen LogP contribution in [0.25, 0.3) is 0 Å². The normalized spacial score (nSPS) is 13.6.